The van der Waals surface area contributed by atoms with Crippen molar-refractivity contribution in [2.75, 3.05) is 26.3 Å². The first-order chi connectivity index (χ1) is 7.18. The van der Waals surface area contributed by atoms with Crippen LogP contribution in [0.3, 0.4) is 0 Å². The van der Waals surface area contributed by atoms with E-state index in [0.29, 0.717) is 0 Å². The first kappa shape index (κ1) is 15.3. The highest BCUT2D eigenvalue weighted by molar-refractivity contribution is 5.83. The number of nitrogens with two attached hydrogens (primary N) is 1. The quantitative estimate of drug-likeness (QED) is 0.579. The van der Waals surface area contributed by atoms with Crippen molar-refractivity contribution >= 4 is 5.91 Å². The highest BCUT2D eigenvalue weighted by Crippen LogP contribution is 2.30. The molecule has 1 amide bonds. The number of aliphatic hydroxyl groups excluding tert-OH is 2. The summed E-state index contributed by atoms with van der Waals surface area (Å²) in [6.45, 7) is 7.34. The summed E-state index contributed by atoms with van der Waals surface area (Å²) >= 11 is 0. The van der Waals surface area contributed by atoms with Gasteiger partial charge in [-0.3, -0.25) is 4.79 Å². The van der Waals surface area contributed by atoms with Crippen LogP contribution < -0.4 is 5.73 Å². The van der Waals surface area contributed by atoms with E-state index in [1.807, 2.05) is 0 Å². The minimum absolute atomic E-state index is 0.118. The van der Waals surface area contributed by atoms with Crippen molar-refractivity contribution in [1.82, 2.24) is 4.90 Å². The Hall–Kier alpha value is -0.650. The van der Waals surface area contributed by atoms with Gasteiger partial charge in [-0.05, 0) is 27.7 Å². The predicted octanol–water partition coefficient (Wildman–Crippen LogP) is -0.437. The largest absolute Gasteiger partial charge is 0.395 e. The Morgan fingerprint density at radius 2 is 1.50 bits per heavy atom. The summed E-state index contributed by atoms with van der Waals surface area (Å²) in [7, 11) is 0. The van der Waals surface area contributed by atoms with Crippen LogP contribution in [0, 0.1) is 5.41 Å². The molecule has 0 aromatic carbocycles. The van der Waals surface area contributed by atoms with Crippen LogP contribution in [-0.2, 0) is 4.79 Å². The fourth-order valence-corrected chi connectivity index (χ4v) is 1.23. The van der Waals surface area contributed by atoms with E-state index in [1.165, 1.54) is 4.90 Å². The Balaban J connectivity index is 4.85. The van der Waals surface area contributed by atoms with Gasteiger partial charge in [0.2, 0.25) is 5.91 Å². The van der Waals surface area contributed by atoms with Crippen molar-refractivity contribution in [3.63, 3.8) is 0 Å². The van der Waals surface area contributed by atoms with Crippen molar-refractivity contribution in [2.45, 2.75) is 33.2 Å². The second-order valence-corrected chi connectivity index (χ2v) is 5.09. The molecule has 0 aliphatic carbocycles. The highest BCUT2D eigenvalue weighted by atomic mass is 16.3. The monoisotopic (exact) mass is 232 g/mol. The molecule has 0 bridgehead atoms. The molecule has 4 N–H and O–H groups in total. The van der Waals surface area contributed by atoms with Crippen LogP contribution in [0.15, 0.2) is 0 Å². The van der Waals surface area contributed by atoms with Crippen molar-refractivity contribution in [3.05, 3.63) is 0 Å². The Kier molecular flexibility index (Phi) is 5.38. The molecule has 0 fully saturated rings. The van der Waals surface area contributed by atoms with Crippen LogP contribution in [0.4, 0.5) is 0 Å². The Bertz CT molecular complexity index is 228. The van der Waals surface area contributed by atoms with Gasteiger partial charge in [0.15, 0.2) is 0 Å². The molecule has 0 aliphatic rings. The Labute approximate surface area is 97.2 Å². The van der Waals surface area contributed by atoms with Gasteiger partial charge in [0.25, 0.3) is 0 Å². The molecule has 0 aliphatic heterocycles. The number of hydrogen-bond acceptors (Lipinski definition) is 4. The number of amides is 1. The summed E-state index contributed by atoms with van der Waals surface area (Å²) in [5.74, 6) is -0.150. The molecule has 0 rings (SSSR count). The van der Waals surface area contributed by atoms with Gasteiger partial charge in [-0.15, -0.1) is 0 Å². The van der Waals surface area contributed by atoms with Crippen LogP contribution in [0.2, 0.25) is 0 Å². The summed E-state index contributed by atoms with van der Waals surface area (Å²) in [5, 5.41) is 17.7. The highest BCUT2D eigenvalue weighted by Gasteiger charge is 2.42. The third-order valence-corrected chi connectivity index (χ3v) is 3.17. The van der Waals surface area contributed by atoms with E-state index in [-0.39, 0.29) is 32.2 Å². The molecule has 16 heavy (non-hydrogen) atoms. The average Bonchev–Trinajstić information content (AvgIpc) is 2.14. The van der Waals surface area contributed by atoms with Crippen molar-refractivity contribution < 1.29 is 15.0 Å². The van der Waals surface area contributed by atoms with Crippen LogP contribution in [0.5, 0.6) is 0 Å². The van der Waals surface area contributed by atoms with E-state index in [0.717, 1.165) is 0 Å². The SMILES string of the molecule is CC(C)(N)C(C)(C)C(=O)N(CCO)CCO. The molecule has 0 aromatic rings. The van der Waals surface area contributed by atoms with Gasteiger partial charge in [0.05, 0.1) is 18.6 Å². The predicted molar refractivity (Wildman–Crippen MR) is 62.8 cm³/mol. The Morgan fingerprint density at radius 3 is 1.75 bits per heavy atom. The summed E-state index contributed by atoms with van der Waals surface area (Å²) in [6.07, 6.45) is 0. The molecule has 0 aromatic heterocycles. The third kappa shape index (κ3) is 3.43. The summed E-state index contributed by atoms with van der Waals surface area (Å²) < 4.78 is 0. The third-order valence-electron chi connectivity index (χ3n) is 3.17. The molecule has 0 heterocycles. The molecule has 0 radical (unpaired) electrons. The molecular weight excluding hydrogens is 208 g/mol. The molecule has 0 saturated heterocycles. The van der Waals surface area contributed by atoms with Gasteiger partial charge in [0, 0.05) is 18.6 Å². The van der Waals surface area contributed by atoms with E-state index < -0.39 is 11.0 Å². The lowest BCUT2D eigenvalue weighted by Crippen LogP contribution is -2.57. The number of carbonyl (C=O) groups is 1. The molecule has 0 saturated carbocycles. The van der Waals surface area contributed by atoms with Crippen molar-refractivity contribution in [2.24, 2.45) is 11.1 Å². The topological polar surface area (TPSA) is 86.8 Å². The van der Waals surface area contributed by atoms with Crippen LogP contribution in [0.25, 0.3) is 0 Å². The van der Waals surface area contributed by atoms with Crippen molar-refractivity contribution in [1.29, 1.82) is 0 Å². The summed E-state index contributed by atoms with van der Waals surface area (Å²) in [6, 6.07) is 0. The lowest BCUT2D eigenvalue weighted by atomic mass is 9.74. The van der Waals surface area contributed by atoms with Crippen LogP contribution in [-0.4, -0.2) is 52.9 Å². The number of hydrogen-bond donors (Lipinski definition) is 3. The maximum atomic E-state index is 12.2. The first-order valence-electron chi connectivity index (χ1n) is 5.48. The molecule has 0 atom stereocenters. The van der Waals surface area contributed by atoms with Gasteiger partial charge < -0.3 is 20.8 Å². The maximum Gasteiger partial charge on any atom is 0.230 e. The van der Waals surface area contributed by atoms with Crippen molar-refractivity contribution in [3.8, 4) is 0 Å². The minimum atomic E-state index is -0.739. The van der Waals surface area contributed by atoms with E-state index in [2.05, 4.69) is 0 Å². The standard InChI is InChI=1S/C11H24N2O3/c1-10(2,11(3,4)12)9(16)13(5-7-14)6-8-15/h14-15H,5-8,12H2,1-4H3. The number of rotatable bonds is 6. The number of carbonyl (C=O) groups excluding carboxylic acids is 1. The second kappa shape index (κ2) is 5.61. The van der Waals surface area contributed by atoms with Crippen LogP contribution >= 0.6 is 0 Å². The van der Waals surface area contributed by atoms with Gasteiger partial charge >= 0.3 is 0 Å². The molecule has 5 heteroatoms. The molecule has 5 nitrogen and oxygen atoms in total. The molecule has 0 unspecified atom stereocenters. The zero-order valence-corrected chi connectivity index (χ0v) is 10.7. The number of aliphatic hydroxyl groups is 2. The Morgan fingerprint density at radius 1 is 1.12 bits per heavy atom. The van der Waals surface area contributed by atoms with E-state index >= 15 is 0 Å². The minimum Gasteiger partial charge on any atom is -0.395 e. The fourth-order valence-electron chi connectivity index (χ4n) is 1.23. The zero-order valence-electron chi connectivity index (χ0n) is 10.7. The van der Waals surface area contributed by atoms with E-state index in [4.69, 9.17) is 15.9 Å². The summed E-state index contributed by atoms with van der Waals surface area (Å²) in [5.41, 5.74) is 4.57. The molecular formula is C11H24N2O3. The fraction of sp³-hybridized carbons (Fsp3) is 0.909. The van der Waals surface area contributed by atoms with Gasteiger partial charge in [-0.25, -0.2) is 0 Å². The lowest BCUT2D eigenvalue weighted by molar-refractivity contribution is -0.144. The average molecular weight is 232 g/mol. The molecule has 96 valence electrons. The zero-order chi connectivity index (χ0) is 13.0. The maximum absolute atomic E-state index is 12.2. The van der Waals surface area contributed by atoms with Crippen LogP contribution in [0.1, 0.15) is 27.7 Å². The van der Waals surface area contributed by atoms with Gasteiger partial charge in [-0.1, -0.05) is 0 Å². The van der Waals surface area contributed by atoms with E-state index in [1.54, 1.807) is 27.7 Å². The van der Waals surface area contributed by atoms with E-state index in [9.17, 15) is 4.79 Å². The van der Waals surface area contributed by atoms with Gasteiger partial charge in [0.1, 0.15) is 0 Å². The lowest BCUT2D eigenvalue weighted by Gasteiger charge is -2.40. The normalized spacial score (nSPS) is 12.7. The van der Waals surface area contributed by atoms with Gasteiger partial charge in [-0.2, -0.15) is 0 Å². The smallest absolute Gasteiger partial charge is 0.230 e. The first-order valence-corrected chi connectivity index (χ1v) is 5.48. The molecule has 0 spiro atoms. The number of nitrogens with zero attached hydrogens (tertiary/aromatic N) is 1. The summed E-state index contributed by atoms with van der Waals surface area (Å²) in [4.78, 5) is 13.7. The second-order valence-electron chi connectivity index (χ2n) is 5.09.